The first kappa shape index (κ1) is 21.6. The van der Waals surface area contributed by atoms with Crippen molar-refractivity contribution in [1.82, 2.24) is 19.5 Å². The van der Waals surface area contributed by atoms with Crippen LogP contribution in [0, 0.1) is 0 Å². The summed E-state index contributed by atoms with van der Waals surface area (Å²) in [4.78, 5) is 46.9. The van der Waals surface area contributed by atoms with Crippen molar-refractivity contribution in [3.63, 3.8) is 0 Å². The Hall–Kier alpha value is -3.12. The molecule has 1 aliphatic heterocycles. The van der Waals surface area contributed by atoms with E-state index in [0.29, 0.717) is 17.6 Å². The van der Waals surface area contributed by atoms with E-state index in [-0.39, 0.29) is 18.3 Å². The smallest absolute Gasteiger partial charge is 0.302 e. The van der Waals surface area contributed by atoms with Crippen molar-refractivity contribution in [2.45, 2.75) is 51.7 Å². The maximum Gasteiger partial charge on any atom is 0.302 e. The number of nitrogens with zero attached hydrogens (tertiary/aromatic N) is 4. The number of aromatic nitrogens is 4. The topological polar surface area (TPSA) is 144 Å². The van der Waals surface area contributed by atoms with E-state index in [0.717, 1.165) is 0 Å². The minimum atomic E-state index is -0.756. The summed E-state index contributed by atoms with van der Waals surface area (Å²) in [7, 11) is 1.48. The second-order valence-corrected chi connectivity index (χ2v) is 6.76. The Bertz CT molecular complexity index is 946. The molecule has 0 saturated carbocycles. The van der Waals surface area contributed by atoms with Gasteiger partial charge >= 0.3 is 11.9 Å². The molecular weight excluding hydrogens is 398 g/mol. The van der Waals surface area contributed by atoms with Crippen LogP contribution in [0.2, 0.25) is 0 Å². The Kier molecular flexibility index (Phi) is 6.57. The number of ether oxygens (including phenoxy) is 4. The number of methoxy groups -OCH3 is 1. The van der Waals surface area contributed by atoms with Gasteiger partial charge in [-0.2, -0.15) is 0 Å². The molecule has 0 spiro atoms. The molecule has 3 heterocycles. The number of esters is 2. The highest BCUT2D eigenvalue weighted by Crippen LogP contribution is 2.34. The molecule has 1 N–H and O–H groups in total. The van der Waals surface area contributed by atoms with Gasteiger partial charge in [-0.1, -0.05) is 0 Å². The van der Waals surface area contributed by atoms with Crippen LogP contribution in [-0.2, 0) is 33.3 Å². The third kappa shape index (κ3) is 4.71. The van der Waals surface area contributed by atoms with E-state index in [2.05, 4.69) is 20.3 Å². The van der Waals surface area contributed by atoms with Gasteiger partial charge in [0.2, 0.25) is 5.91 Å². The summed E-state index contributed by atoms with van der Waals surface area (Å²) >= 11 is 0. The van der Waals surface area contributed by atoms with Gasteiger partial charge in [0.15, 0.2) is 23.3 Å². The summed E-state index contributed by atoms with van der Waals surface area (Å²) in [6.07, 6.45) is 1.00. The third-order valence-corrected chi connectivity index (χ3v) is 4.52. The first-order valence-corrected chi connectivity index (χ1v) is 9.24. The van der Waals surface area contributed by atoms with Crippen LogP contribution in [0.15, 0.2) is 12.7 Å². The fourth-order valence-corrected chi connectivity index (χ4v) is 3.34. The zero-order valence-corrected chi connectivity index (χ0v) is 17.0. The first-order chi connectivity index (χ1) is 14.3. The van der Waals surface area contributed by atoms with Crippen LogP contribution in [0.25, 0.3) is 11.2 Å². The number of hydrogen-bond acceptors (Lipinski definition) is 10. The van der Waals surface area contributed by atoms with Gasteiger partial charge in [-0.15, -0.1) is 0 Å². The van der Waals surface area contributed by atoms with Gasteiger partial charge in [-0.05, 0) is 0 Å². The van der Waals surface area contributed by atoms with Crippen molar-refractivity contribution in [2.24, 2.45) is 0 Å². The van der Waals surface area contributed by atoms with Crippen LogP contribution in [0.4, 0.5) is 5.82 Å². The average Bonchev–Trinajstić information content (AvgIpc) is 3.10. The predicted molar refractivity (Wildman–Crippen MR) is 101 cm³/mol. The van der Waals surface area contributed by atoms with Crippen molar-refractivity contribution in [1.29, 1.82) is 0 Å². The molecule has 0 aromatic carbocycles. The van der Waals surface area contributed by atoms with Gasteiger partial charge in [0.25, 0.3) is 0 Å². The molecule has 2 aromatic rings. The maximum atomic E-state index is 11.6. The lowest BCUT2D eigenvalue weighted by atomic mass is 10.00. The number of amides is 1. The molecule has 3 rings (SSSR count). The SMILES string of the molecule is CO[C@@H]1O[C@@H](COC(C)=O)[C@@H](OC(C)=O)C[C@H]1n1cnc2c(NC(C)=O)ncnc21. The molecule has 1 fully saturated rings. The second kappa shape index (κ2) is 9.13. The normalized spacial score (nSPS) is 23.7. The Balaban J connectivity index is 1.93. The van der Waals surface area contributed by atoms with Crippen LogP contribution in [-0.4, -0.2) is 69.6 Å². The number of anilines is 1. The van der Waals surface area contributed by atoms with Crippen LogP contribution in [0.3, 0.4) is 0 Å². The van der Waals surface area contributed by atoms with Gasteiger partial charge in [-0.3, -0.25) is 14.4 Å². The fourth-order valence-electron chi connectivity index (χ4n) is 3.34. The van der Waals surface area contributed by atoms with Crippen molar-refractivity contribution < 1.29 is 33.3 Å². The second-order valence-electron chi connectivity index (χ2n) is 6.76. The van der Waals surface area contributed by atoms with Gasteiger partial charge in [-0.25, -0.2) is 15.0 Å². The fraction of sp³-hybridized carbons (Fsp3) is 0.556. The standard InChI is InChI=1S/C18H23N5O7/c1-9(24)22-16-15-17(20-7-19-16)23(8-21-15)12-5-13(29-11(3)26)14(6-28-10(2)25)30-18(12)27-4/h7-8,12-14,18H,5-6H2,1-4H3,(H,19,20,22,24)/t12-,13+,14+,18-/m1/s1. The van der Waals surface area contributed by atoms with E-state index >= 15 is 0 Å². The number of rotatable bonds is 6. The number of carbonyl (C=O) groups is 3. The van der Waals surface area contributed by atoms with Crippen LogP contribution in [0.1, 0.15) is 33.2 Å². The highest BCUT2D eigenvalue weighted by atomic mass is 16.7. The highest BCUT2D eigenvalue weighted by Gasteiger charge is 2.42. The number of carbonyl (C=O) groups excluding carboxylic acids is 3. The van der Waals surface area contributed by atoms with Gasteiger partial charge in [0.05, 0.1) is 12.4 Å². The summed E-state index contributed by atoms with van der Waals surface area (Å²) < 4.78 is 23.6. The zero-order valence-electron chi connectivity index (χ0n) is 17.0. The zero-order chi connectivity index (χ0) is 21.8. The molecule has 4 atom stereocenters. The molecule has 1 saturated heterocycles. The predicted octanol–water partition coefficient (Wildman–Crippen LogP) is 0.582. The molecule has 1 aliphatic rings. The maximum absolute atomic E-state index is 11.6. The Labute approximate surface area is 171 Å². The first-order valence-electron chi connectivity index (χ1n) is 9.24. The molecule has 0 radical (unpaired) electrons. The molecule has 0 aliphatic carbocycles. The number of imidazole rings is 1. The van der Waals surface area contributed by atoms with Gasteiger partial charge in [0, 0.05) is 34.3 Å². The van der Waals surface area contributed by atoms with Gasteiger partial charge in [0.1, 0.15) is 25.1 Å². The van der Waals surface area contributed by atoms with Crippen molar-refractivity contribution in [3.8, 4) is 0 Å². The lowest BCUT2D eigenvalue weighted by Crippen LogP contribution is -2.49. The summed E-state index contributed by atoms with van der Waals surface area (Å²) in [5.74, 6) is -0.972. The minimum absolute atomic E-state index is 0.0839. The quantitative estimate of drug-likeness (QED) is 0.658. The molecule has 162 valence electrons. The number of hydrogen-bond donors (Lipinski definition) is 1. The molecule has 30 heavy (non-hydrogen) atoms. The Morgan fingerprint density at radius 3 is 2.60 bits per heavy atom. The lowest BCUT2D eigenvalue weighted by Gasteiger charge is -2.40. The van der Waals surface area contributed by atoms with E-state index in [1.807, 2.05) is 0 Å². The molecule has 12 nitrogen and oxygen atoms in total. The largest absolute Gasteiger partial charge is 0.463 e. The minimum Gasteiger partial charge on any atom is -0.463 e. The molecular formula is C18H23N5O7. The van der Waals surface area contributed by atoms with E-state index in [1.165, 1.54) is 40.5 Å². The summed E-state index contributed by atoms with van der Waals surface area (Å²) in [6, 6.07) is -0.460. The molecule has 12 heteroatoms. The van der Waals surface area contributed by atoms with Crippen molar-refractivity contribution in [3.05, 3.63) is 12.7 Å². The number of nitrogens with one attached hydrogen (secondary N) is 1. The van der Waals surface area contributed by atoms with Crippen LogP contribution in [0.5, 0.6) is 0 Å². The summed E-state index contributed by atoms with van der Waals surface area (Å²) in [5, 5.41) is 2.61. The van der Waals surface area contributed by atoms with Crippen molar-refractivity contribution in [2.75, 3.05) is 19.0 Å². The number of fused-ring (bicyclic) bond motifs is 1. The Morgan fingerprint density at radius 1 is 1.20 bits per heavy atom. The van der Waals surface area contributed by atoms with Gasteiger partial charge < -0.3 is 28.8 Å². The third-order valence-electron chi connectivity index (χ3n) is 4.52. The molecule has 1 amide bonds. The van der Waals surface area contributed by atoms with E-state index in [9.17, 15) is 14.4 Å². The highest BCUT2D eigenvalue weighted by molar-refractivity contribution is 5.95. The average molecular weight is 421 g/mol. The van der Waals surface area contributed by atoms with E-state index < -0.39 is 36.5 Å². The lowest BCUT2D eigenvalue weighted by molar-refractivity contribution is -0.247. The Morgan fingerprint density at radius 2 is 1.97 bits per heavy atom. The van der Waals surface area contributed by atoms with Crippen molar-refractivity contribution >= 4 is 34.8 Å². The summed E-state index contributed by atoms with van der Waals surface area (Å²) in [5.41, 5.74) is 0.845. The summed E-state index contributed by atoms with van der Waals surface area (Å²) in [6.45, 7) is 3.86. The molecule has 0 bridgehead atoms. The van der Waals surface area contributed by atoms with Crippen LogP contribution < -0.4 is 5.32 Å². The molecule has 2 aromatic heterocycles. The van der Waals surface area contributed by atoms with E-state index in [1.54, 1.807) is 4.57 Å². The molecule has 0 unspecified atom stereocenters. The monoisotopic (exact) mass is 421 g/mol. The van der Waals surface area contributed by atoms with Crippen LogP contribution >= 0.6 is 0 Å². The van der Waals surface area contributed by atoms with E-state index in [4.69, 9.17) is 18.9 Å².